The van der Waals surface area contributed by atoms with Crippen LogP contribution in [0.25, 0.3) is 0 Å². The number of allylic oxidation sites excluding steroid dienone is 3. The summed E-state index contributed by atoms with van der Waals surface area (Å²) in [6.07, 6.45) is 7.28. The van der Waals surface area contributed by atoms with Crippen LogP contribution < -0.4 is 0 Å². The van der Waals surface area contributed by atoms with Crippen LogP contribution in [0.5, 0.6) is 0 Å². The lowest BCUT2D eigenvalue weighted by atomic mass is 9.81. The fourth-order valence-electron chi connectivity index (χ4n) is 8.52. The third kappa shape index (κ3) is 12.9. The number of ketones is 2. The van der Waals surface area contributed by atoms with Crippen LogP contribution in [0.15, 0.2) is 36.0 Å². The zero-order chi connectivity index (χ0) is 41.7. The van der Waals surface area contributed by atoms with Crippen LogP contribution in [-0.2, 0) is 38.1 Å². The Morgan fingerprint density at radius 2 is 1.59 bits per heavy atom. The largest absolute Gasteiger partial charge is 0.456 e. The SMILES string of the molecule is C=CC[C@@H]1/C=C(\C)C[C@H](OC)CCC[C@@H](OC)C[C@@H](C)C(O)(O)C(=O)C(=O)N2CCCC[C@H]2C(=O)O[C@H](/C(C)=C/[C@@H]2CC[C@@H](O)[C@H](OC)C2)[C@H](C)[C@@H](O)CC1=O. The van der Waals surface area contributed by atoms with Crippen molar-refractivity contribution in [2.45, 2.75) is 160 Å². The van der Waals surface area contributed by atoms with E-state index in [1.165, 1.54) is 14.0 Å². The maximum Gasteiger partial charge on any atom is 0.329 e. The Morgan fingerprint density at radius 1 is 0.911 bits per heavy atom. The second-order valence-electron chi connectivity index (χ2n) is 16.5. The quantitative estimate of drug-likeness (QED) is 0.124. The van der Waals surface area contributed by atoms with E-state index in [0.29, 0.717) is 69.8 Å². The number of esters is 1. The van der Waals surface area contributed by atoms with Crippen LogP contribution in [0.4, 0.5) is 0 Å². The number of carbonyl (C=O) groups is 4. The molecule has 11 atom stereocenters. The fraction of sp³-hybridized carbons (Fsp3) is 0.767. The van der Waals surface area contributed by atoms with Gasteiger partial charge in [-0.1, -0.05) is 37.6 Å². The molecule has 13 nitrogen and oxygen atoms in total. The molecule has 3 rings (SSSR count). The van der Waals surface area contributed by atoms with Crippen molar-refractivity contribution in [3.63, 3.8) is 0 Å². The average Bonchev–Trinajstić information content (AvgIpc) is 3.17. The molecule has 1 saturated heterocycles. The zero-order valence-electron chi connectivity index (χ0n) is 34.7. The van der Waals surface area contributed by atoms with Gasteiger partial charge in [-0.15, -0.1) is 6.58 Å². The molecule has 4 N–H and O–H groups in total. The third-order valence-corrected chi connectivity index (χ3v) is 12.2. The van der Waals surface area contributed by atoms with Gasteiger partial charge in [-0.05, 0) is 102 Å². The highest BCUT2D eigenvalue weighted by Gasteiger charge is 2.48. The number of Topliss-reactive ketones (excluding diaryl/α,β-unsaturated/α-hetero) is 2. The van der Waals surface area contributed by atoms with Gasteiger partial charge in [-0.25, -0.2) is 4.79 Å². The first-order valence-corrected chi connectivity index (χ1v) is 20.4. The van der Waals surface area contributed by atoms with Crippen molar-refractivity contribution in [3.8, 4) is 0 Å². The van der Waals surface area contributed by atoms with E-state index >= 15 is 0 Å². The third-order valence-electron chi connectivity index (χ3n) is 12.2. The molecule has 0 unspecified atom stereocenters. The molecule has 2 fully saturated rings. The Balaban J connectivity index is 2.06. The Labute approximate surface area is 333 Å². The number of aliphatic hydroxyl groups is 4. The van der Waals surface area contributed by atoms with E-state index < -0.39 is 71.7 Å². The minimum Gasteiger partial charge on any atom is -0.456 e. The van der Waals surface area contributed by atoms with E-state index in [4.69, 9.17) is 18.9 Å². The Bertz CT molecular complexity index is 1390. The summed E-state index contributed by atoms with van der Waals surface area (Å²) in [5.74, 6) is -9.06. The molecule has 13 heteroatoms. The number of piperidine rings is 1. The number of cyclic esters (lactones) is 1. The van der Waals surface area contributed by atoms with Crippen LogP contribution in [-0.4, -0.2) is 125 Å². The van der Waals surface area contributed by atoms with Gasteiger partial charge in [0.25, 0.3) is 11.7 Å². The van der Waals surface area contributed by atoms with E-state index in [2.05, 4.69) is 6.58 Å². The monoisotopic (exact) mass is 791 g/mol. The van der Waals surface area contributed by atoms with Gasteiger partial charge in [-0.3, -0.25) is 14.4 Å². The van der Waals surface area contributed by atoms with E-state index in [1.54, 1.807) is 34.1 Å². The predicted octanol–water partition coefficient (Wildman–Crippen LogP) is 4.38. The minimum absolute atomic E-state index is 0.0279. The molecule has 0 aromatic heterocycles. The first kappa shape index (κ1) is 47.6. The number of carbonyl (C=O) groups excluding carboxylic acids is 4. The first-order chi connectivity index (χ1) is 26.5. The summed E-state index contributed by atoms with van der Waals surface area (Å²) < 4.78 is 23.1. The van der Waals surface area contributed by atoms with Crippen LogP contribution in [0, 0.1) is 23.7 Å². The number of ether oxygens (including phenoxy) is 4. The molecule has 1 amide bonds. The van der Waals surface area contributed by atoms with E-state index in [-0.39, 0.29) is 49.7 Å². The Morgan fingerprint density at radius 3 is 2.23 bits per heavy atom. The van der Waals surface area contributed by atoms with Crippen LogP contribution >= 0.6 is 0 Å². The van der Waals surface area contributed by atoms with Crippen molar-refractivity contribution in [2.24, 2.45) is 23.7 Å². The van der Waals surface area contributed by atoms with Gasteiger partial charge < -0.3 is 44.3 Å². The molecule has 0 aromatic rings. The summed E-state index contributed by atoms with van der Waals surface area (Å²) in [7, 11) is 4.68. The number of aliphatic hydroxyl groups excluding tert-OH is 2. The van der Waals surface area contributed by atoms with Gasteiger partial charge in [0.05, 0.1) is 30.5 Å². The summed E-state index contributed by atoms with van der Waals surface area (Å²) in [4.78, 5) is 56.4. The summed E-state index contributed by atoms with van der Waals surface area (Å²) >= 11 is 0. The molecule has 1 aliphatic carbocycles. The molecule has 2 aliphatic heterocycles. The number of fused-ring (bicyclic) bond motifs is 1. The smallest absolute Gasteiger partial charge is 0.329 e. The molecule has 3 aliphatic rings. The fourth-order valence-corrected chi connectivity index (χ4v) is 8.52. The van der Waals surface area contributed by atoms with Crippen LogP contribution in [0.3, 0.4) is 0 Å². The van der Waals surface area contributed by atoms with Gasteiger partial charge in [-0.2, -0.15) is 0 Å². The van der Waals surface area contributed by atoms with E-state index in [1.807, 2.05) is 19.1 Å². The predicted molar refractivity (Wildman–Crippen MR) is 210 cm³/mol. The van der Waals surface area contributed by atoms with Gasteiger partial charge >= 0.3 is 5.97 Å². The molecule has 318 valence electrons. The van der Waals surface area contributed by atoms with Crippen molar-refractivity contribution in [3.05, 3.63) is 36.0 Å². The molecule has 0 radical (unpaired) electrons. The first-order valence-electron chi connectivity index (χ1n) is 20.4. The summed E-state index contributed by atoms with van der Waals surface area (Å²) in [6, 6.07) is -1.19. The summed E-state index contributed by atoms with van der Waals surface area (Å²) in [6.45, 7) is 10.8. The number of amides is 1. The number of methoxy groups -OCH3 is 3. The van der Waals surface area contributed by atoms with Crippen molar-refractivity contribution in [2.75, 3.05) is 27.9 Å². The van der Waals surface area contributed by atoms with Gasteiger partial charge in [0.15, 0.2) is 0 Å². The number of nitrogens with zero attached hydrogens (tertiary/aromatic N) is 1. The topological polar surface area (TPSA) is 189 Å². The molecule has 2 heterocycles. The van der Waals surface area contributed by atoms with Gasteiger partial charge in [0, 0.05) is 52.0 Å². The van der Waals surface area contributed by atoms with Crippen LogP contribution in [0.2, 0.25) is 0 Å². The van der Waals surface area contributed by atoms with Gasteiger partial charge in [0.2, 0.25) is 5.79 Å². The van der Waals surface area contributed by atoms with Gasteiger partial charge in [0.1, 0.15) is 17.9 Å². The number of hydrogen-bond acceptors (Lipinski definition) is 12. The molecule has 0 bridgehead atoms. The highest BCUT2D eigenvalue weighted by atomic mass is 16.5. The molecule has 1 saturated carbocycles. The Hall–Kier alpha value is -2.78. The lowest BCUT2D eigenvalue weighted by Crippen LogP contribution is -2.58. The second kappa shape index (κ2) is 22.4. The van der Waals surface area contributed by atoms with Crippen LogP contribution in [0.1, 0.15) is 111 Å². The van der Waals surface area contributed by atoms with E-state index in [9.17, 15) is 39.6 Å². The number of hydrogen-bond donors (Lipinski definition) is 4. The number of rotatable bonds is 7. The summed E-state index contributed by atoms with van der Waals surface area (Å²) in [5.41, 5.74) is 1.57. The summed E-state index contributed by atoms with van der Waals surface area (Å²) in [5, 5.41) is 44.3. The molecule has 0 aromatic carbocycles. The van der Waals surface area contributed by atoms with Crippen molar-refractivity contribution < 1.29 is 58.6 Å². The normalized spacial score (nSPS) is 36.6. The standard InChI is InChI=1S/C43H69NO12/c1-9-13-31-20-26(2)21-32(53-6)14-12-15-33(54-7)23-28(4)43(51,52)40(48)41(49)44-19-11-10-16-34(44)42(50)56-39(29(5)36(46)25-37(31)47)27(3)22-30-17-18-35(45)38(24-30)55-8/h9,20,22,28-36,38-39,45-46,51-52H,1,10-19,21,23-25H2,2-8H3/b26-20+,27-22+/t28-,29-,30+,31-,32-,33-,34+,35-,36+,38-,39-/m1/s1. The van der Waals surface area contributed by atoms with E-state index in [0.717, 1.165) is 10.5 Å². The highest BCUT2D eigenvalue weighted by molar-refractivity contribution is 6.39. The molecular formula is C43H69NO12. The highest BCUT2D eigenvalue weighted by Crippen LogP contribution is 2.33. The van der Waals surface area contributed by atoms with Crippen molar-refractivity contribution in [1.29, 1.82) is 0 Å². The minimum atomic E-state index is -3.02. The second-order valence-corrected chi connectivity index (χ2v) is 16.5. The molecule has 0 spiro atoms. The van der Waals surface area contributed by atoms with Crippen molar-refractivity contribution >= 4 is 23.4 Å². The molecule has 56 heavy (non-hydrogen) atoms. The molecular weight excluding hydrogens is 722 g/mol. The zero-order valence-corrected chi connectivity index (χ0v) is 34.7. The lowest BCUT2D eigenvalue weighted by Gasteiger charge is -2.38. The lowest BCUT2D eigenvalue weighted by molar-refractivity contribution is -0.208. The Kier molecular flexibility index (Phi) is 19.0. The average molecular weight is 792 g/mol. The van der Waals surface area contributed by atoms with Crippen molar-refractivity contribution in [1.82, 2.24) is 4.90 Å². The maximum atomic E-state index is 14.2. The maximum absolute atomic E-state index is 14.2.